The zero-order valence-corrected chi connectivity index (χ0v) is 20.0. The normalized spacial score (nSPS) is 13.7. The largest absolute Gasteiger partial charge is 0.422 e. The molecule has 0 saturated heterocycles. The lowest BCUT2D eigenvalue weighted by Crippen LogP contribution is -2.12. The van der Waals surface area contributed by atoms with Crippen molar-refractivity contribution in [3.63, 3.8) is 0 Å². The number of aryl methyl sites for hydroxylation is 2. The predicted molar refractivity (Wildman–Crippen MR) is 139 cm³/mol. The van der Waals surface area contributed by atoms with Crippen LogP contribution in [0.1, 0.15) is 55.8 Å². The molecule has 0 heterocycles. The molecule has 178 valence electrons. The van der Waals surface area contributed by atoms with E-state index in [0.29, 0.717) is 22.6 Å². The minimum Gasteiger partial charge on any atom is -0.422 e. The summed E-state index contributed by atoms with van der Waals surface area (Å²) in [5.74, 6) is 0.235. The van der Waals surface area contributed by atoms with Crippen molar-refractivity contribution in [1.82, 2.24) is 0 Å². The predicted octanol–water partition coefficient (Wildman–Crippen LogP) is 6.77. The van der Waals surface area contributed by atoms with E-state index in [9.17, 15) is 9.59 Å². The Morgan fingerprint density at radius 2 is 0.917 bits per heavy atom. The maximum Gasteiger partial charge on any atom is 0.343 e. The second-order valence-corrected chi connectivity index (χ2v) is 9.37. The fourth-order valence-corrected chi connectivity index (χ4v) is 5.47. The van der Waals surface area contributed by atoms with Crippen molar-refractivity contribution in [2.45, 2.75) is 38.5 Å². The molecule has 36 heavy (non-hydrogen) atoms. The van der Waals surface area contributed by atoms with Crippen molar-refractivity contribution < 1.29 is 19.1 Å². The molecule has 0 saturated carbocycles. The number of fused-ring (bicyclic) bond motifs is 2. The first-order valence-electron chi connectivity index (χ1n) is 12.5. The van der Waals surface area contributed by atoms with Gasteiger partial charge in [0.15, 0.2) is 0 Å². The van der Waals surface area contributed by atoms with E-state index in [1.807, 2.05) is 48.5 Å². The molecule has 4 nitrogen and oxygen atoms in total. The Bertz CT molecular complexity index is 1340. The summed E-state index contributed by atoms with van der Waals surface area (Å²) in [6, 6.07) is 26.0. The van der Waals surface area contributed by atoms with E-state index in [4.69, 9.17) is 9.47 Å². The number of hydrogen-bond donors (Lipinski definition) is 0. The molecule has 0 spiro atoms. The molecule has 2 aliphatic rings. The monoisotopic (exact) mass is 474 g/mol. The Kier molecular flexibility index (Phi) is 5.86. The van der Waals surface area contributed by atoms with Crippen molar-refractivity contribution in [2.24, 2.45) is 0 Å². The summed E-state index contributed by atoms with van der Waals surface area (Å²) >= 11 is 0. The Balaban J connectivity index is 1.49. The third-order valence-corrected chi connectivity index (χ3v) is 7.16. The van der Waals surface area contributed by atoms with E-state index in [-0.39, 0.29) is 0 Å². The highest BCUT2D eigenvalue weighted by atomic mass is 16.5. The van der Waals surface area contributed by atoms with E-state index in [2.05, 4.69) is 12.1 Å². The first-order valence-corrected chi connectivity index (χ1v) is 12.5. The minimum atomic E-state index is -0.398. The molecule has 0 unspecified atom stereocenters. The third kappa shape index (κ3) is 4.09. The van der Waals surface area contributed by atoms with Crippen molar-refractivity contribution in [2.75, 3.05) is 0 Å². The lowest BCUT2D eigenvalue weighted by Gasteiger charge is -2.20. The second-order valence-electron chi connectivity index (χ2n) is 9.37. The van der Waals surface area contributed by atoms with Crippen LogP contribution in [0.3, 0.4) is 0 Å². The molecular weight excluding hydrogens is 448 g/mol. The minimum absolute atomic E-state index is 0.398. The lowest BCUT2D eigenvalue weighted by atomic mass is 9.90. The van der Waals surface area contributed by atoms with Crippen LogP contribution in [0.2, 0.25) is 0 Å². The van der Waals surface area contributed by atoms with Gasteiger partial charge in [-0.2, -0.15) is 0 Å². The average Bonchev–Trinajstić information content (AvgIpc) is 3.60. The van der Waals surface area contributed by atoms with Gasteiger partial charge in [0, 0.05) is 11.1 Å². The van der Waals surface area contributed by atoms with Crippen molar-refractivity contribution in [3.8, 4) is 22.6 Å². The van der Waals surface area contributed by atoms with E-state index < -0.39 is 11.9 Å². The first-order chi connectivity index (χ1) is 17.7. The molecule has 0 radical (unpaired) electrons. The van der Waals surface area contributed by atoms with Crippen LogP contribution < -0.4 is 9.47 Å². The first kappa shape index (κ1) is 22.3. The van der Waals surface area contributed by atoms with E-state index in [1.54, 1.807) is 24.3 Å². The summed E-state index contributed by atoms with van der Waals surface area (Å²) in [4.78, 5) is 26.1. The molecule has 4 aromatic rings. The summed E-state index contributed by atoms with van der Waals surface area (Å²) < 4.78 is 12.1. The van der Waals surface area contributed by atoms with Gasteiger partial charge in [-0.05, 0) is 97.2 Å². The quantitative estimate of drug-likeness (QED) is 0.237. The van der Waals surface area contributed by atoms with Crippen LogP contribution in [0, 0.1) is 0 Å². The topological polar surface area (TPSA) is 52.6 Å². The summed E-state index contributed by atoms with van der Waals surface area (Å²) in [6.07, 6.45) is 5.88. The van der Waals surface area contributed by atoms with Gasteiger partial charge in [0.25, 0.3) is 0 Å². The zero-order valence-electron chi connectivity index (χ0n) is 20.0. The number of carbonyl (C=O) groups excluding carboxylic acids is 2. The molecule has 0 N–H and O–H groups in total. The molecule has 0 aromatic heterocycles. The average molecular weight is 475 g/mol. The number of carbonyl (C=O) groups is 2. The van der Waals surface area contributed by atoms with Crippen molar-refractivity contribution in [3.05, 3.63) is 118 Å². The van der Waals surface area contributed by atoms with Crippen LogP contribution in [0.4, 0.5) is 0 Å². The highest BCUT2D eigenvalue weighted by Crippen LogP contribution is 2.47. The molecule has 6 rings (SSSR count). The number of esters is 2. The van der Waals surface area contributed by atoms with E-state index in [1.165, 1.54) is 22.3 Å². The Morgan fingerprint density at radius 3 is 1.33 bits per heavy atom. The second kappa shape index (κ2) is 9.46. The van der Waals surface area contributed by atoms with Crippen LogP contribution >= 0.6 is 0 Å². The maximum absolute atomic E-state index is 13.1. The summed E-state index contributed by atoms with van der Waals surface area (Å²) in [5, 5.41) is 0. The van der Waals surface area contributed by atoms with Gasteiger partial charge in [0.05, 0.1) is 11.1 Å². The van der Waals surface area contributed by atoms with Crippen LogP contribution in [0.5, 0.6) is 11.5 Å². The Hall–Kier alpha value is -4.18. The third-order valence-electron chi connectivity index (χ3n) is 7.16. The smallest absolute Gasteiger partial charge is 0.343 e. The van der Waals surface area contributed by atoms with Crippen LogP contribution in [-0.2, 0) is 25.7 Å². The molecular formula is C32H26O4. The summed E-state index contributed by atoms with van der Waals surface area (Å²) in [6.45, 7) is 0. The van der Waals surface area contributed by atoms with Gasteiger partial charge in [-0.25, -0.2) is 9.59 Å². The summed E-state index contributed by atoms with van der Waals surface area (Å²) in [7, 11) is 0. The van der Waals surface area contributed by atoms with Gasteiger partial charge < -0.3 is 9.47 Å². The van der Waals surface area contributed by atoms with Crippen LogP contribution in [0.15, 0.2) is 84.9 Å². The summed E-state index contributed by atoms with van der Waals surface area (Å²) in [5.41, 5.74) is 7.68. The Morgan fingerprint density at radius 1 is 0.500 bits per heavy atom. The standard InChI is InChI=1S/C32H26O4/c33-31(23-9-3-1-4-10-23)35-27-19-17-21-13-7-15-25(21)29(27)30-26-16-8-14-22(26)18-20-28(30)36-32(34)24-11-5-2-6-12-24/h1-6,9-12,17-20H,7-8,13-16H2. The number of ether oxygens (including phenoxy) is 2. The number of benzene rings is 4. The van der Waals surface area contributed by atoms with Crippen LogP contribution in [-0.4, -0.2) is 11.9 Å². The fourth-order valence-electron chi connectivity index (χ4n) is 5.47. The SMILES string of the molecule is O=C(Oc1ccc2c(c1-c1c(OC(=O)c3ccccc3)ccc3c1CCC3)CCC2)c1ccccc1. The van der Waals surface area contributed by atoms with Gasteiger partial charge in [-0.3, -0.25) is 0 Å². The van der Waals surface area contributed by atoms with Gasteiger partial charge in [-0.1, -0.05) is 48.5 Å². The maximum atomic E-state index is 13.1. The molecule has 0 aliphatic heterocycles. The van der Waals surface area contributed by atoms with Crippen molar-refractivity contribution in [1.29, 1.82) is 0 Å². The molecule has 0 fully saturated rings. The highest BCUT2D eigenvalue weighted by molar-refractivity contribution is 5.95. The van der Waals surface area contributed by atoms with Crippen LogP contribution in [0.25, 0.3) is 11.1 Å². The molecule has 4 heteroatoms. The number of rotatable bonds is 5. The molecule has 0 bridgehead atoms. The van der Waals surface area contributed by atoms with Gasteiger partial charge >= 0.3 is 11.9 Å². The van der Waals surface area contributed by atoms with Gasteiger partial charge in [0.1, 0.15) is 11.5 Å². The number of hydrogen-bond acceptors (Lipinski definition) is 4. The molecule has 0 amide bonds. The fraction of sp³-hybridized carbons (Fsp3) is 0.188. The highest BCUT2D eigenvalue weighted by Gasteiger charge is 2.29. The lowest BCUT2D eigenvalue weighted by molar-refractivity contribution is 0.0723. The van der Waals surface area contributed by atoms with E-state index >= 15 is 0 Å². The van der Waals surface area contributed by atoms with Gasteiger partial charge in [-0.15, -0.1) is 0 Å². The van der Waals surface area contributed by atoms with E-state index in [0.717, 1.165) is 49.7 Å². The molecule has 2 aliphatic carbocycles. The molecule has 0 atom stereocenters. The zero-order chi connectivity index (χ0) is 24.5. The Labute approximate surface area is 210 Å². The molecule has 4 aromatic carbocycles. The van der Waals surface area contributed by atoms with Crippen molar-refractivity contribution >= 4 is 11.9 Å². The van der Waals surface area contributed by atoms with Gasteiger partial charge in [0.2, 0.25) is 0 Å².